The maximum absolute atomic E-state index is 13.3. The van der Waals surface area contributed by atoms with Gasteiger partial charge >= 0.3 is 0 Å². The number of rotatable bonds is 7. The predicted octanol–water partition coefficient (Wildman–Crippen LogP) is 4.74. The highest BCUT2D eigenvalue weighted by molar-refractivity contribution is 7.98. The molecular weight excluding hydrogens is 416 g/mol. The molecule has 2 N–H and O–H groups in total. The van der Waals surface area contributed by atoms with E-state index in [-0.39, 0.29) is 10.8 Å². The number of hydrogen-bond donors (Lipinski definition) is 2. The molecular formula is C23H24N2O3S2. The van der Waals surface area contributed by atoms with Gasteiger partial charge in [-0.3, -0.25) is 4.79 Å². The van der Waals surface area contributed by atoms with Gasteiger partial charge in [0.1, 0.15) is 0 Å². The molecule has 5 nitrogen and oxygen atoms in total. The molecule has 7 heteroatoms. The van der Waals surface area contributed by atoms with E-state index in [2.05, 4.69) is 10.0 Å². The van der Waals surface area contributed by atoms with E-state index in [1.807, 2.05) is 67.8 Å². The van der Waals surface area contributed by atoms with E-state index in [1.165, 1.54) is 24.8 Å². The minimum atomic E-state index is -3.86. The lowest BCUT2D eigenvalue weighted by Crippen LogP contribution is -2.29. The van der Waals surface area contributed by atoms with Gasteiger partial charge in [-0.15, -0.1) is 11.8 Å². The van der Waals surface area contributed by atoms with Gasteiger partial charge in [-0.1, -0.05) is 60.2 Å². The first-order valence-electron chi connectivity index (χ1n) is 9.39. The number of anilines is 1. The summed E-state index contributed by atoms with van der Waals surface area (Å²) in [5, 5.41) is 2.71. The Bertz CT molecular complexity index is 1130. The number of amides is 1. The van der Waals surface area contributed by atoms with Crippen LogP contribution < -0.4 is 10.0 Å². The molecule has 0 aliphatic carbocycles. The minimum absolute atomic E-state index is 0.0945. The zero-order valence-electron chi connectivity index (χ0n) is 17.0. The van der Waals surface area contributed by atoms with Crippen molar-refractivity contribution < 1.29 is 13.2 Å². The standard InChI is InChI=1S/C23H24N2O3S2/c1-16-9-11-19(12-10-16)23(18-7-5-4-6-8-18)25-30(27,28)20-13-14-22(29-3)21(15-20)24-17(2)26/h4-15,23,25H,1-3H3,(H,24,26)/t23-/m1/s1. The molecule has 0 aromatic heterocycles. The zero-order valence-corrected chi connectivity index (χ0v) is 18.7. The van der Waals surface area contributed by atoms with Crippen LogP contribution in [0.1, 0.15) is 29.7 Å². The lowest BCUT2D eigenvalue weighted by Gasteiger charge is -2.21. The second kappa shape index (κ2) is 9.47. The van der Waals surface area contributed by atoms with Crippen molar-refractivity contribution in [2.75, 3.05) is 11.6 Å². The van der Waals surface area contributed by atoms with Crippen molar-refractivity contribution in [2.45, 2.75) is 29.7 Å². The number of sulfonamides is 1. The molecule has 3 aromatic carbocycles. The largest absolute Gasteiger partial charge is 0.325 e. The van der Waals surface area contributed by atoms with E-state index in [9.17, 15) is 13.2 Å². The molecule has 0 radical (unpaired) electrons. The Labute approximate surface area is 182 Å². The number of carbonyl (C=O) groups excluding carboxylic acids is 1. The first-order chi connectivity index (χ1) is 14.3. The van der Waals surface area contributed by atoms with Gasteiger partial charge in [-0.2, -0.15) is 4.72 Å². The summed E-state index contributed by atoms with van der Waals surface area (Å²) < 4.78 is 29.4. The highest BCUT2D eigenvalue weighted by Gasteiger charge is 2.24. The highest BCUT2D eigenvalue weighted by Crippen LogP contribution is 2.30. The topological polar surface area (TPSA) is 75.3 Å². The molecule has 1 atom stereocenters. The Kier molecular flexibility index (Phi) is 6.97. The SMILES string of the molecule is CSc1ccc(S(=O)(=O)N[C@H](c2ccccc2)c2ccc(C)cc2)cc1NC(C)=O. The van der Waals surface area contributed by atoms with E-state index in [0.29, 0.717) is 5.69 Å². The maximum Gasteiger partial charge on any atom is 0.241 e. The van der Waals surface area contributed by atoms with Crippen LogP contribution in [0.25, 0.3) is 0 Å². The third-order valence-electron chi connectivity index (χ3n) is 4.61. The van der Waals surface area contributed by atoms with Crippen LogP contribution >= 0.6 is 11.8 Å². The van der Waals surface area contributed by atoms with Gasteiger partial charge in [-0.25, -0.2) is 8.42 Å². The van der Waals surface area contributed by atoms with E-state index >= 15 is 0 Å². The number of carbonyl (C=O) groups is 1. The molecule has 0 bridgehead atoms. The first-order valence-corrected chi connectivity index (χ1v) is 12.1. The molecule has 3 rings (SSSR count). The van der Waals surface area contributed by atoms with E-state index in [1.54, 1.807) is 12.1 Å². The Hall–Kier alpha value is -2.61. The van der Waals surface area contributed by atoms with Crippen molar-refractivity contribution in [3.8, 4) is 0 Å². The number of aryl methyl sites for hydroxylation is 1. The number of nitrogens with one attached hydrogen (secondary N) is 2. The third kappa shape index (κ3) is 5.30. The minimum Gasteiger partial charge on any atom is -0.325 e. The fourth-order valence-electron chi connectivity index (χ4n) is 3.10. The number of thioether (sulfide) groups is 1. The fourth-order valence-corrected chi connectivity index (χ4v) is 4.87. The van der Waals surface area contributed by atoms with Crippen molar-refractivity contribution in [3.05, 3.63) is 89.5 Å². The van der Waals surface area contributed by atoms with Crippen LogP contribution in [0.4, 0.5) is 5.69 Å². The van der Waals surface area contributed by atoms with E-state index < -0.39 is 16.1 Å². The Morgan fingerprint density at radius 3 is 2.17 bits per heavy atom. The van der Waals surface area contributed by atoms with Gasteiger partial charge in [0.25, 0.3) is 0 Å². The smallest absolute Gasteiger partial charge is 0.241 e. The highest BCUT2D eigenvalue weighted by atomic mass is 32.2. The van der Waals surface area contributed by atoms with Crippen LogP contribution in [-0.4, -0.2) is 20.6 Å². The Morgan fingerprint density at radius 1 is 0.933 bits per heavy atom. The van der Waals surface area contributed by atoms with Gasteiger partial charge in [0.2, 0.25) is 15.9 Å². The van der Waals surface area contributed by atoms with Crippen LogP contribution in [0.2, 0.25) is 0 Å². The summed E-state index contributed by atoms with van der Waals surface area (Å²) in [6.45, 7) is 3.38. The molecule has 0 spiro atoms. The molecule has 0 aliphatic rings. The molecule has 0 saturated heterocycles. The molecule has 156 valence electrons. The fraction of sp³-hybridized carbons (Fsp3) is 0.174. The van der Waals surface area contributed by atoms with Gasteiger partial charge < -0.3 is 5.32 Å². The molecule has 1 amide bonds. The Morgan fingerprint density at radius 2 is 1.57 bits per heavy atom. The molecule has 3 aromatic rings. The van der Waals surface area contributed by atoms with Gasteiger partial charge in [0.15, 0.2) is 0 Å². The summed E-state index contributed by atoms with van der Waals surface area (Å²) in [6.07, 6.45) is 1.87. The quantitative estimate of drug-likeness (QED) is 0.520. The van der Waals surface area contributed by atoms with Crippen LogP contribution in [-0.2, 0) is 14.8 Å². The van der Waals surface area contributed by atoms with E-state index in [4.69, 9.17) is 0 Å². The van der Waals surface area contributed by atoms with Gasteiger partial charge in [-0.05, 0) is 42.5 Å². The van der Waals surface area contributed by atoms with E-state index in [0.717, 1.165) is 21.6 Å². The molecule has 30 heavy (non-hydrogen) atoms. The number of hydrogen-bond acceptors (Lipinski definition) is 4. The summed E-state index contributed by atoms with van der Waals surface area (Å²) >= 11 is 1.44. The zero-order chi connectivity index (χ0) is 21.7. The monoisotopic (exact) mass is 440 g/mol. The molecule has 0 fully saturated rings. The van der Waals surface area contributed by atoms with Gasteiger partial charge in [0.05, 0.1) is 16.6 Å². The van der Waals surface area contributed by atoms with Crippen molar-refractivity contribution in [2.24, 2.45) is 0 Å². The summed E-state index contributed by atoms with van der Waals surface area (Å²) in [4.78, 5) is 12.4. The second-order valence-corrected chi connectivity index (χ2v) is 9.48. The first kappa shape index (κ1) is 22.1. The number of benzene rings is 3. The molecule has 0 heterocycles. The third-order valence-corrected chi connectivity index (χ3v) is 6.82. The maximum atomic E-state index is 13.3. The summed E-state index contributed by atoms with van der Waals surface area (Å²) in [5.74, 6) is -0.255. The van der Waals surface area contributed by atoms with Crippen molar-refractivity contribution in [1.82, 2.24) is 4.72 Å². The molecule has 0 aliphatic heterocycles. The summed E-state index contributed by atoms with van der Waals surface area (Å²) in [6, 6.07) is 21.4. The van der Waals surface area contributed by atoms with Crippen LogP contribution in [0.5, 0.6) is 0 Å². The normalized spacial score (nSPS) is 12.4. The average molecular weight is 441 g/mol. The van der Waals surface area contributed by atoms with Crippen LogP contribution in [0, 0.1) is 6.92 Å². The van der Waals surface area contributed by atoms with Crippen molar-refractivity contribution in [1.29, 1.82) is 0 Å². The average Bonchev–Trinajstić information content (AvgIpc) is 2.73. The summed E-state index contributed by atoms with van der Waals surface area (Å²) in [7, 11) is -3.86. The Balaban J connectivity index is 2.01. The predicted molar refractivity (Wildman–Crippen MR) is 122 cm³/mol. The van der Waals surface area contributed by atoms with Gasteiger partial charge in [0, 0.05) is 11.8 Å². The van der Waals surface area contributed by atoms with Crippen molar-refractivity contribution in [3.63, 3.8) is 0 Å². The van der Waals surface area contributed by atoms with Crippen LogP contribution in [0.3, 0.4) is 0 Å². The van der Waals surface area contributed by atoms with Crippen molar-refractivity contribution >= 4 is 33.4 Å². The lowest BCUT2D eigenvalue weighted by atomic mass is 9.99. The molecule has 0 unspecified atom stereocenters. The molecule has 0 saturated carbocycles. The van der Waals surface area contributed by atoms with Crippen LogP contribution in [0.15, 0.2) is 82.6 Å². The summed E-state index contributed by atoms with van der Waals surface area (Å²) in [5.41, 5.74) is 3.26. The lowest BCUT2D eigenvalue weighted by molar-refractivity contribution is -0.114. The second-order valence-electron chi connectivity index (χ2n) is 6.92.